The molecule has 1 amide bonds. The Bertz CT molecular complexity index is 1450. The molecule has 36 heavy (non-hydrogen) atoms. The van der Waals surface area contributed by atoms with Gasteiger partial charge in [0, 0.05) is 34.2 Å². The van der Waals surface area contributed by atoms with Crippen molar-refractivity contribution in [2.24, 2.45) is 0 Å². The van der Waals surface area contributed by atoms with E-state index in [0.29, 0.717) is 18.9 Å². The number of halogens is 1. The Morgan fingerprint density at radius 3 is 2.31 bits per heavy atom. The van der Waals surface area contributed by atoms with Gasteiger partial charge in [-0.15, -0.1) is 17.0 Å². The van der Waals surface area contributed by atoms with Crippen molar-refractivity contribution in [2.45, 2.75) is 16.0 Å². The van der Waals surface area contributed by atoms with Crippen LogP contribution >= 0.6 is 22.9 Å². The second-order valence-corrected chi connectivity index (χ2v) is 13.1. The zero-order valence-electron chi connectivity index (χ0n) is 19.5. The molecule has 2 aromatic carbocycles. The number of carbonyl (C=O) groups is 1. The third-order valence-corrected chi connectivity index (χ3v) is 10.0. The van der Waals surface area contributed by atoms with Crippen LogP contribution in [0.1, 0.15) is 15.2 Å². The Kier molecular flexibility index (Phi) is 9.63. The Hall–Kier alpha value is -1.48. The molecule has 0 saturated carbocycles. The molecule has 2 heterocycles. The number of hydrogen-bond acceptors (Lipinski definition) is 7. The van der Waals surface area contributed by atoms with E-state index in [-0.39, 0.29) is 68.0 Å². The average Bonchev–Trinajstić information content (AvgIpc) is 3.28. The minimum atomic E-state index is -4.03. The Labute approximate surface area is 241 Å². The number of benzene rings is 2. The summed E-state index contributed by atoms with van der Waals surface area (Å²) in [4.78, 5) is 13.9. The van der Waals surface area contributed by atoms with Crippen molar-refractivity contribution in [1.29, 1.82) is 0 Å². The van der Waals surface area contributed by atoms with E-state index in [9.17, 15) is 21.6 Å². The maximum atomic E-state index is 13.0. The number of aryl methyl sites for hydroxylation is 1. The van der Waals surface area contributed by atoms with Gasteiger partial charge in [0.15, 0.2) is 0 Å². The SMILES string of the molecule is Cc1ccc(S(=O)(=O)[N-]c2ccc(Cl)cc2C(=O)Nc2ccc(S(=O)(=O)N3CCOCC3)cc2)s1.[Na+]. The largest absolute Gasteiger partial charge is 1.00 e. The number of ether oxygens (including phenoxy) is 1. The van der Waals surface area contributed by atoms with Gasteiger partial charge < -0.3 is 14.8 Å². The Morgan fingerprint density at radius 2 is 1.69 bits per heavy atom. The molecule has 9 nitrogen and oxygen atoms in total. The molecule has 1 fully saturated rings. The van der Waals surface area contributed by atoms with Crippen LogP contribution < -0.4 is 34.9 Å². The molecule has 3 aromatic rings. The quantitative estimate of drug-likeness (QED) is 0.423. The number of anilines is 1. The molecule has 1 aliphatic heterocycles. The molecule has 1 saturated heterocycles. The normalized spacial score (nSPS) is 14.6. The fourth-order valence-electron chi connectivity index (χ4n) is 3.34. The molecule has 1 aromatic heterocycles. The van der Waals surface area contributed by atoms with Crippen molar-refractivity contribution in [3.63, 3.8) is 0 Å². The molecule has 0 atom stereocenters. The molecule has 1 aliphatic rings. The monoisotopic (exact) mass is 577 g/mol. The molecular weight excluding hydrogens is 557 g/mol. The second-order valence-electron chi connectivity index (χ2n) is 7.59. The topological polar surface area (TPSA) is 124 Å². The van der Waals surface area contributed by atoms with Crippen molar-refractivity contribution in [3.8, 4) is 0 Å². The van der Waals surface area contributed by atoms with Gasteiger partial charge in [0.1, 0.15) is 14.2 Å². The fourth-order valence-corrected chi connectivity index (χ4v) is 7.18. The van der Waals surface area contributed by atoms with Gasteiger partial charge in [-0.25, -0.2) is 16.8 Å². The second kappa shape index (κ2) is 11.9. The molecule has 1 N–H and O–H groups in total. The summed E-state index contributed by atoms with van der Waals surface area (Å²) < 4.78 is 61.4. The summed E-state index contributed by atoms with van der Waals surface area (Å²) in [6, 6.07) is 13.0. The molecular formula is C22H21ClN3NaO6S3. The van der Waals surface area contributed by atoms with Gasteiger partial charge in [-0.1, -0.05) is 17.7 Å². The third kappa shape index (κ3) is 6.69. The molecule has 4 rings (SSSR count). The number of carbonyl (C=O) groups excluding carboxylic acids is 1. The first-order valence-electron chi connectivity index (χ1n) is 10.4. The summed E-state index contributed by atoms with van der Waals surface area (Å²) in [6.07, 6.45) is 0. The number of rotatable bonds is 7. The van der Waals surface area contributed by atoms with Crippen LogP contribution in [0.15, 0.2) is 63.7 Å². The first kappa shape index (κ1) is 29.1. The van der Waals surface area contributed by atoms with Crippen molar-refractivity contribution < 1.29 is 55.9 Å². The van der Waals surface area contributed by atoms with Crippen molar-refractivity contribution >= 4 is 60.3 Å². The molecule has 186 valence electrons. The van der Waals surface area contributed by atoms with E-state index in [0.717, 1.165) is 16.2 Å². The van der Waals surface area contributed by atoms with Crippen LogP contribution in [0.4, 0.5) is 11.4 Å². The molecule has 0 aliphatic carbocycles. The van der Waals surface area contributed by atoms with Gasteiger partial charge in [-0.3, -0.25) is 4.79 Å². The summed E-state index contributed by atoms with van der Waals surface area (Å²) in [6.45, 7) is 3.00. The van der Waals surface area contributed by atoms with E-state index in [2.05, 4.69) is 10.0 Å². The average molecular weight is 578 g/mol. The summed E-state index contributed by atoms with van der Waals surface area (Å²) in [5.74, 6) is -0.646. The minimum absolute atomic E-state index is 0. The number of thiophene rings is 1. The van der Waals surface area contributed by atoms with Crippen LogP contribution in [0.25, 0.3) is 4.72 Å². The van der Waals surface area contributed by atoms with Gasteiger partial charge >= 0.3 is 29.6 Å². The zero-order chi connectivity index (χ0) is 25.2. The standard InChI is InChI=1S/C22H22ClN3O6S3.Na/c1-15-2-9-21(33-15)34(28,29)25-20-8-3-16(23)14-19(20)22(27)24-17-4-6-18(7-5-17)35(30,31)26-10-12-32-13-11-26;/h2-9,14H,10-13H2,1H3,(H2,24,25,27);/q;+1/p-1. The Balaban J connectivity index is 0.00000361. The third-order valence-electron chi connectivity index (χ3n) is 5.11. The van der Waals surface area contributed by atoms with Gasteiger partial charge in [0.25, 0.3) is 5.91 Å². The Morgan fingerprint density at radius 1 is 1.03 bits per heavy atom. The fraction of sp³-hybridized carbons (Fsp3) is 0.227. The van der Waals surface area contributed by atoms with E-state index in [4.69, 9.17) is 16.3 Å². The first-order chi connectivity index (χ1) is 16.6. The van der Waals surface area contributed by atoms with Crippen LogP contribution in [-0.4, -0.2) is 53.4 Å². The van der Waals surface area contributed by atoms with Crippen LogP contribution in [0, 0.1) is 6.92 Å². The van der Waals surface area contributed by atoms with Gasteiger partial charge in [0.05, 0.1) is 18.1 Å². The molecule has 0 spiro atoms. The molecule has 0 bridgehead atoms. The van der Waals surface area contributed by atoms with Gasteiger partial charge in [-0.2, -0.15) is 4.31 Å². The van der Waals surface area contributed by atoms with E-state index in [1.807, 2.05) is 0 Å². The van der Waals surface area contributed by atoms with E-state index in [1.54, 1.807) is 13.0 Å². The van der Waals surface area contributed by atoms with Crippen molar-refractivity contribution in [3.05, 3.63) is 74.8 Å². The van der Waals surface area contributed by atoms with Gasteiger partial charge in [0.2, 0.25) is 10.0 Å². The number of hydrogen-bond donors (Lipinski definition) is 1. The van der Waals surface area contributed by atoms with Crippen LogP contribution in [0.2, 0.25) is 5.02 Å². The predicted octanol–water partition coefficient (Wildman–Crippen LogP) is 1.38. The summed E-state index contributed by atoms with van der Waals surface area (Å²) in [5.41, 5.74) is 0.211. The molecule has 0 radical (unpaired) electrons. The molecule has 0 unspecified atom stereocenters. The van der Waals surface area contributed by atoms with Crippen molar-refractivity contribution in [2.75, 3.05) is 31.6 Å². The number of nitrogens with zero attached hydrogens (tertiary/aromatic N) is 2. The van der Waals surface area contributed by atoms with E-state index < -0.39 is 26.0 Å². The maximum Gasteiger partial charge on any atom is 1.00 e. The number of amides is 1. The number of sulfonamides is 2. The van der Waals surface area contributed by atoms with Crippen LogP contribution in [0.5, 0.6) is 0 Å². The van der Waals surface area contributed by atoms with Gasteiger partial charge in [-0.05, 0) is 55.5 Å². The number of morpholine rings is 1. The van der Waals surface area contributed by atoms with Crippen molar-refractivity contribution in [1.82, 2.24) is 4.31 Å². The maximum absolute atomic E-state index is 13.0. The minimum Gasteiger partial charge on any atom is -0.571 e. The smallest absolute Gasteiger partial charge is 0.571 e. The van der Waals surface area contributed by atoms with E-state index >= 15 is 0 Å². The summed E-state index contributed by atoms with van der Waals surface area (Å²) in [5, 5.41) is 2.86. The van der Waals surface area contributed by atoms with E-state index in [1.165, 1.54) is 52.8 Å². The number of nitrogens with one attached hydrogen (secondary N) is 1. The van der Waals surface area contributed by atoms with Crippen LogP contribution in [0.3, 0.4) is 0 Å². The predicted molar refractivity (Wildman–Crippen MR) is 135 cm³/mol. The summed E-state index contributed by atoms with van der Waals surface area (Å²) >= 11 is 7.13. The molecule has 14 heteroatoms. The first-order valence-corrected chi connectivity index (χ1v) is 14.5. The zero-order valence-corrected chi connectivity index (χ0v) is 24.7. The summed E-state index contributed by atoms with van der Waals surface area (Å²) in [7, 11) is -7.70. The van der Waals surface area contributed by atoms with Crippen LogP contribution in [-0.2, 0) is 24.8 Å².